The quantitative estimate of drug-likeness (QED) is 0.362. The molecule has 3 nitrogen and oxygen atoms in total. The van der Waals surface area contributed by atoms with E-state index in [2.05, 4.69) is 28.3 Å². The van der Waals surface area contributed by atoms with Gasteiger partial charge in [0.25, 0.3) is 0 Å². The van der Waals surface area contributed by atoms with Gasteiger partial charge >= 0.3 is 0 Å². The van der Waals surface area contributed by atoms with Crippen LogP contribution in [0.1, 0.15) is 50.5 Å². The van der Waals surface area contributed by atoms with E-state index < -0.39 is 0 Å². The first-order valence-corrected chi connectivity index (χ1v) is 11.4. The van der Waals surface area contributed by atoms with Crippen LogP contribution in [0.3, 0.4) is 0 Å². The van der Waals surface area contributed by atoms with Crippen LogP contribution in [0.5, 0.6) is 0 Å². The van der Waals surface area contributed by atoms with Crippen LogP contribution in [0.15, 0.2) is 60.9 Å². The van der Waals surface area contributed by atoms with Crippen molar-refractivity contribution in [2.75, 3.05) is 5.32 Å². The number of fused-ring (bicyclic) bond motifs is 2. The minimum Gasteiger partial charge on any atom is -0.367 e. The minimum atomic E-state index is -0.232. The Morgan fingerprint density at radius 1 is 0.875 bits per heavy atom. The molecule has 1 atom stereocenters. The standard InChI is InChI=1S/C27H27F2N3/c1-17(32-27-24-8-6-21(28)15-20(24)10-12-31-27)14-18-2-4-19(5-3-18)23-11-13-30-26-9-7-22(29)16-25(23)26/h6-13,15-19H,2-5,14H2,1H3,(H,31,32)/t17?,18-,19+. The Bertz CT molecular complexity index is 1250. The maximum absolute atomic E-state index is 13.8. The van der Waals surface area contributed by atoms with Crippen molar-refractivity contribution in [3.05, 3.63) is 78.1 Å². The Morgan fingerprint density at radius 3 is 2.47 bits per heavy atom. The van der Waals surface area contributed by atoms with Gasteiger partial charge in [0.05, 0.1) is 5.52 Å². The Morgan fingerprint density at radius 2 is 1.62 bits per heavy atom. The van der Waals surface area contributed by atoms with Gasteiger partial charge in [-0.2, -0.15) is 0 Å². The summed E-state index contributed by atoms with van der Waals surface area (Å²) < 4.78 is 27.4. The van der Waals surface area contributed by atoms with Crippen molar-refractivity contribution in [3.8, 4) is 0 Å². The third-order valence-corrected chi connectivity index (χ3v) is 6.82. The number of pyridine rings is 2. The lowest BCUT2D eigenvalue weighted by molar-refractivity contribution is 0.302. The van der Waals surface area contributed by atoms with Crippen LogP contribution in [0.2, 0.25) is 0 Å². The molecule has 32 heavy (non-hydrogen) atoms. The summed E-state index contributed by atoms with van der Waals surface area (Å²) in [4.78, 5) is 8.88. The number of hydrogen-bond acceptors (Lipinski definition) is 3. The van der Waals surface area contributed by atoms with E-state index in [9.17, 15) is 8.78 Å². The van der Waals surface area contributed by atoms with Gasteiger partial charge in [-0.05, 0) is 110 Å². The summed E-state index contributed by atoms with van der Waals surface area (Å²) in [5, 5.41) is 6.29. The van der Waals surface area contributed by atoms with Gasteiger partial charge in [0.15, 0.2) is 0 Å². The lowest BCUT2D eigenvalue weighted by atomic mass is 9.76. The maximum atomic E-state index is 13.8. The van der Waals surface area contributed by atoms with Crippen molar-refractivity contribution in [2.45, 2.75) is 51.0 Å². The molecule has 164 valence electrons. The van der Waals surface area contributed by atoms with Gasteiger partial charge in [0, 0.05) is 29.2 Å². The molecule has 0 saturated heterocycles. The Kier molecular flexibility index (Phi) is 5.73. The van der Waals surface area contributed by atoms with Gasteiger partial charge < -0.3 is 5.32 Å². The first-order valence-electron chi connectivity index (χ1n) is 11.4. The second-order valence-electron chi connectivity index (χ2n) is 9.09. The highest BCUT2D eigenvalue weighted by Gasteiger charge is 2.25. The van der Waals surface area contributed by atoms with Gasteiger partial charge in [0.2, 0.25) is 0 Å². The molecule has 2 aromatic carbocycles. The summed E-state index contributed by atoms with van der Waals surface area (Å²) in [5.74, 6) is 1.48. The topological polar surface area (TPSA) is 37.8 Å². The number of benzene rings is 2. The number of anilines is 1. The molecule has 5 rings (SSSR count). The van der Waals surface area contributed by atoms with Crippen molar-refractivity contribution in [1.82, 2.24) is 9.97 Å². The van der Waals surface area contributed by atoms with Crippen LogP contribution in [0, 0.1) is 17.6 Å². The van der Waals surface area contributed by atoms with Gasteiger partial charge in [-0.25, -0.2) is 13.8 Å². The third kappa shape index (κ3) is 4.29. The fourth-order valence-corrected chi connectivity index (χ4v) is 5.26. The molecule has 1 aliphatic carbocycles. The molecular formula is C27H27F2N3. The SMILES string of the molecule is CC(C[C@H]1CC[C@@H](c2ccnc3ccc(F)cc32)CC1)Nc1nccc2cc(F)ccc12. The lowest BCUT2D eigenvalue weighted by Crippen LogP contribution is -2.23. The van der Waals surface area contributed by atoms with Gasteiger partial charge in [-0.3, -0.25) is 4.98 Å². The van der Waals surface area contributed by atoms with Crippen molar-refractivity contribution in [3.63, 3.8) is 0 Å². The Labute approximate surface area is 186 Å². The number of aromatic nitrogens is 2. The first kappa shape index (κ1) is 20.8. The molecule has 0 aliphatic heterocycles. The van der Waals surface area contributed by atoms with Crippen molar-refractivity contribution < 1.29 is 8.78 Å². The van der Waals surface area contributed by atoms with Crippen LogP contribution in [-0.4, -0.2) is 16.0 Å². The lowest BCUT2D eigenvalue weighted by Gasteiger charge is -2.31. The number of hydrogen-bond donors (Lipinski definition) is 1. The molecule has 1 unspecified atom stereocenters. The molecule has 2 aromatic heterocycles. The zero-order chi connectivity index (χ0) is 22.1. The molecule has 2 heterocycles. The number of rotatable bonds is 5. The van der Waals surface area contributed by atoms with Crippen LogP contribution < -0.4 is 5.32 Å². The number of nitrogens with zero attached hydrogens (tertiary/aromatic N) is 2. The molecule has 0 bridgehead atoms. The molecule has 0 radical (unpaired) electrons. The molecule has 5 heteroatoms. The Balaban J connectivity index is 1.23. The van der Waals surface area contributed by atoms with Crippen LogP contribution in [0.25, 0.3) is 21.7 Å². The average Bonchev–Trinajstić information content (AvgIpc) is 2.79. The predicted molar refractivity (Wildman–Crippen MR) is 126 cm³/mol. The van der Waals surface area contributed by atoms with E-state index in [1.165, 1.54) is 17.7 Å². The second-order valence-corrected chi connectivity index (χ2v) is 9.09. The summed E-state index contributed by atoms with van der Waals surface area (Å²) >= 11 is 0. The molecule has 1 aliphatic rings. The van der Waals surface area contributed by atoms with E-state index in [1.807, 2.05) is 12.3 Å². The van der Waals surface area contributed by atoms with E-state index in [0.29, 0.717) is 11.8 Å². The van der Waals surface area contributed by atoms with E-state index in [0.717, 1.165) is 59.6 Å². The van der Waals surface area contributed by atoms with E-state index in [-0.39, 0.29) is 17.7 Å². The molecule has 0 amide bonds. The largest absolute Gasteiger partial charge is 0.367 e. The van der Waals surface area contributed by atoms with Gasteiger partial charge in [-0.1, -0.05) is 0 Å². The zero-order valence-electron chi connectivity index (χ0n) is 18.2. The molecule has 1 N–H and O–H groups in total. The van der Waals surface area contributed by atoms with Gasteiger partial charge in [-0.15, -0.1) is 0 Å². The summed E-state index contributed by atoms with van der Waals surface area (Å²) in [6.07, 6.45) is 9.17. The fourth-order valence-electron chi connectivity index (χ4n) is 5.26. The molecule has 1 saturated carbocycles. The average molecular weight is 432 g/mol. The molecular weight excluding hydrogens is 404 g/mol. The summed E-state index contributed by atoms with van der Waals surface area (Å²) in [6.45, 7) is 2.19. The summed E-state index contributed by atoms with van der Waals surface area (Å²) in [6, 6.07) is 13.9. The highest BCUT2D eigenvalue weighted by molar-refractivity contribution is 5.91. The van der Waals surface area contributed by atoms with Crippen molar-refractivity contribution in [2.24, 2.45) is 5.92 Å². The van der Waals surface area contributed by atoms with Crippen LogP contribution in [0.4, 0.5) is 14.6 Å². The van der Waals surface area contributed by atoms with Gasteiger partial charge in [0.1, 0.15) is 17.5 Å². The Hall–Kier alpha value is -3.08. The second kappa shape index (κ2) is 8.81. The first-order chi connectivity index (χ1) is 15.6. The van der Waals surface area contributed by atoms with Crippen molar-refractivity contribution >= 4 is 27.5 Å². The maximum Gasteiger partial charge on any atom is 0.134 e. The highest BCUT2D eigenvalue weighted by Crippen LogP contribution is 2.40. The third-order valence-electron chi connectivity index (χ3n) is 6.82. The normalized spacial score (nSPS) is 19.8. The predicted octanol–water partition coefficient (Wildman–Crippen LogP) is 7.23. The minimum absolute atomic E-state index is 0.204. The monoisotopic (exact) mass is 431 g/mol. The summed E-state index contributed by atoms with van der Waals surface area (Å²) in [5.41, 5.74) is 2.10. The molecule has 4 aromatic rings. The smallest absolute Gasteiger partial charge is 0.134 e. The number of halogens is 2. The molecule has 0 spiro atoms. The highest BCUT2D eigenvalue weighted by atomic mass is 19.1. The number of nitrogens with one attached hydrogen (secondary N) is 1. The fraction of sp³-hybridized carbons (Fsp3) is 0.333. The van der Waals surface area contributed by atoms with E-state index in [4.69, 9.17) is 0 Å². The molecule has 1 fully saturated rings. The van der Waals surface area contributed by atoms with Crippen LogP contribution >= 0.6 is 0 Å². The van der Waals surface area contributed by atoms with E-state index >= 15 is 0 Å². The van der Waals surface area contributed by atoms with Crippen molar-refractivity contribution in [1.29, 1.82) is 0 Å². The van der Waals surface area contributed by atoms with E-state index in [1.54, 1.807) is 30.5 Å². The summed E-state index contributed by atoms with van der Waals surface area (Å²) in [7, 11) is 0. The zero-order valence-corrected chi connectivity index (χ0v) is 18.2. The van der Waals surface area contributed by atoms with Crippen LogP contribution in [-0.2, 0) is 0 Å².